The molecular weight excluding hydrogens is 200 g/mol. The quantitative estimate of drug-likeness (QED) is 0.752. The Balaban J connectivity index is 2.26. The maximum Gasteiger partial charge on any atom is 0.222 e. The van der Waals surface area contributed by atoms with Gasteiger partial charge in [0.1, 0.15) is 0 Å². The fourth-order valence-corrected chi connectivity index (χ4v) is 2.36. The summed E-state index contributed by atoms with van der Waals surface area (Å²) in [5.74, 6) is 0.0590. The summed E-state index contributed by atoms with van der Waals surface area (Å²) in [5.41, 5.74) is 9.53. The third kappa shape index (κ3) is 2.25. The Hall–Kier alpha value is -1.35. The molecule has 1 saturated heterocycles. The van der Waals surface area contributed by atoms with Gasteiger partial charge in [0.2, 0.25) is 5.91 Å². The monoisotopic (exact) mass is 218 g/mol. The predicted molar refractivity (Wildman–Crippen MR) is 64.0 cm³/mol. The lowest BCUT2D eigenvalue weighted by atomic mass is 9.91. The average Bonchev–Trinajstić information content (AvgIpc) is 2.15. The number of hydrogen-bond donors (Lipinski definition) is 2. The molecule has 0 bridgehead atoms. The zero-order chi connectivity index (χ0) is 11.7. The molecule has 3 heteroatoms. The Bertz CT molecular complexity index is 414. The van der Waals surface area contributed by atoms with E-state index in [0.717, 1.165) is 6.42 Å². The van der Waals surface area contributed by atoms with Gasteiger partial charge in [-0.15, -0.1) is 0 Å². The van der Waals surface area contributed by atoms with Gasteiger partial charge in [0, 0.05) is 12.5 Å². The molecule has 0 radical (unpaired) electrons. The molecule has 0 aliphatic carbocycles. The Morgan fingerprint density at radius 2 is 2.12 bits per heavy atom. The van der Waals surface area contributed by atoms with Gasteiger partial charge in [-0.3, -0.25) is 4.79 Å². The molecule has 2 rings (SSSR count). The molecule has 2 atom stereocenters. The zero-order valence-corrected chi connectivity index (χ0v) is 9.79. The van der Waals surface area contributed by atoms with E-state index in [1.165, 1.54) is 16.7 Å². The van der Waals surface area contributed by atoms with Crippen molar-refractivity contribution < 1.29 is 4.79 Å². The molecule has 86 valence electrons. The van der Waals surface area contributed by atoms with Crippen molar-refractivity contribution >= 4 is 5.91 Å². The fraction of sp³-hybridized carbons (Fsp3) is 0.462. The van der Waals surface area contributed by atoms with E-state index in [0.29, 0.717) is 6.42 Å². The number of carbonyl (C=O) groups is 1. The van der Waals surface area contributed by atoms with Crippen LogP contribution in [-0.2, 0) is 4.79 Å². The van der Waals surface area contributed by atoms with E-state index in [4.69, 9.17) is 5.73 Å². The largest absolute Gasteiger partial charge is 0.349 e. The van der Waals surface area contributed by atoms with Crippen LogP contribution in [0.1, 0.15) is 35.6 Å². The van der Waals surface area contributed by atoms with E-state index in [-0.39, 0.29) is 18.0 Å². The van der Waals surface area contributed by atoms with Gasteiger partial charge in [-0.05, 0) is 31.4 Å². The number of carbonyl (C=O) groups excluding carboxylic acids is 1. The zero-order valence-electron chi connectivity index (χ0n) is 9.79. The SMILES string of the molecule is Cc1ccc(C2CC(N)CC(=O)N2)c(C)c1. The van der Waals surface area contributed by atoms with Crippen LogP contribution in [0.15, 0.2) is 18.2 Å². The molecule has 3 nitrogen and oxygen atoms in total. The van der Waals surface area contributed by atoms with Crippen molar-refractivity contribution in [1.29, 1.82) is 0 Å². The molecule has 3 N–H and O–H groups in total. The minimum absolute atomic E-state index is 0.0144. The number of aryl methyl sites for hydroxylation is 2. The van der Waals surface area contributed by atoms with Crippen LogP contribution in [0, 0.1) is 13.8 Å². The molecule has 1 aromatic carbocycles. The molecule has 16 heavy (non-hydrogen) atoms. The van der Waals surface area contributed by atoms with Gasteiger partial charge in [-0.2, -0.15) is 0 Å². The van der Waals surface area contributed by atoms with Crippen molar-refractivity contribution in [3.8, 4) is 0 Å². The van der Waals surface area contributed by atoms with Crippen molar-refractivity contribution in [3.05, 3.63) is 34.9 Å². The minimum atomic E-state index is -0.0144. The lowest BCUT2D eigenvalue weighted by molar-refractivity contribution is -0.123. The van der Waals surface area contributed by atoms with Crippen LogP contribution in [0.2, 0.25) is 0 Å². The third-order valence-electron chi connectivity index (χ3n) is 3.12. The summed E-state index contributed by atoms with van der Waals surface area (Å²) in [6, 6.07) is 6.38. The highest BCUT2D eigenvalue weighted by Gasteiger charge is 2.25. The maximum atomic E-state index is 11.4. The van der Waals surface area contributed by atoms with E-state index >= 15 is 0 Å². The maximum absolute atomic E-state index is 11.4. The summed E-state index contributed by atoms with van der Waals surface area (Å²) in [7, 11) is 0. The van der Waals surface area contributed by atoms with Crippen LogP contribution in [0.25, 0.3) is 0 Å². The molecule has 1 heterocycles. The van der Waals surface area contributed by atoms with Gasteiger partial charge in [0.25, 0.3) is 0 Å². The first-order valence-electron chi connectivity index (χ1n) is 5.68. The lowest BCUT2D eigenvalue weighted by Crippen LogP contribution is -2.42. The van der Waals surface area contributed by atoms with Crippen LogP contribution >= 0.6 is 0 Å². The first kappa shape index (κ1) is 11.1. The first-order chi connectivity index (χ1) is 7.56. The van der Waals surface area contributed by atoms with Crippen molar-refractivity contribution in [1.82, 2.24) is 5.32 Å². The van der Waals surface area contributed by atoms with Crippen molar-refractivity contribution in [2.75, 3.05) is 0 Å². The Morgan fingerprint density at radius 1 is 1.38 bits per heavy atom. The molecule has 1 fully saturated rings. The number of nitrogens with one attached hydrogen (secondary N) is 1. The van der Waals surface area contributed by atoms with Crippen LogP contribution in [0.5, 0.6) is 0 Å². The van der Waals surface area contributed by atoms with Crippen LogP contribution < -0.4 is 11.1 Å². The number of amides is 1. The van der Waals surface area contributed by atoms with Crippen molar-refractivity contribution in [3.63, 3.8) is 0 Å². The normalized spacial score (nSPS) is 25.3. The van der Waals surface area contributed by atoms with E-state index in [9.17, 15) is 4.79 Å². The number of hydrogen-bond acceptors (Lipinski definition) is 2. The molecule has 0 saturated carbocycles. The lowest BCUT2D eigenvalue weighted by Gasteiger charge is -2.29. The van der Waals surface area contributed by atoms with Gasteiger partial charge in [-0.1, -0.05) is 23.8 Å². The molecule has 1 aliphatic rings. The number of benzene rings is 1. The fourth-order valence-electron chi connectivity index (χ4n) is 2.36. The van der Waals surface area contributed by atoms with Crippen LogP contribution in [0.3, 0.4) is 0 Å². The molecule has 1 aliphatic heterocycles. The summed E-state index contributed by atoms with van der Waals surface area (Å²) in [4.78, 5) is 11.4. The molecule has 2 unspecified atom stereocenters. The Kier molecular flexibility index (Phi) is 2.97. The molecule has 0 spiro atoms. The summed E-state index contributed by atoms with van der Waals surface area (Å²) >= 11 is 0. The van der Waals surface area contributed by atoms with Crippen LogP contribution in [0.4, 0.5) is 0 Å². The van der Waals surface area contributed by atoms with Crippen molar-refractivity contribution in [2.24, 2.45) is 5.73 Å². The summed E-state index contributed by atoms with van der Waals surface area (Å²) in [6.07, 6.45) is 1.27. The molecular formula is C13H18N2O. The van der Waals surface area contributed by atoms with Gasteiger partial charge < -0.3 is 11.1 Å². The van der Waals surface area contributed by atoms with E-state index < -0.39 is 0 Å². The van der Waals surface area contributed by atoms with E-state index in [1.807, 2.05) is 0 Å². The van der Waals surface area contributed by atoms with Crippen molar-refractivity contribution in [2.45, 2.75) is 38.8 Å². The Labute approximate surface area is 96.0 Å². The standard InChI is InChI=1S/C13H18N2O/c1-8-3-4-11(9(2)5-8)12-6-10(14)7-13(16)15-12/h3-5,10,12H,6-7,14H2,1-2H3,(H,15,16). The van der Waals surface area contributed by atoms with Gasteiger partial charge in [0.15, 0.2) is 0 Å². The highest BCUT2D eigenvalue weighted by molar-refractivity contribution is 5.78. The molecule has 1 amide bonds. The second-order valence-electron chi connectivity index (χ2n) is 4.68. The Morgan fingerprint density at radius 3 is 2.75 bits per heavy atom. The topological polar surface area (TPSA) is 55.1 Å². The number of rotatable bonds is 1. The highest BCUT2D eigenvalue weighted by atomic mass is 16.1. The van der Waals surface area contributed by atoms with Gasteiger partial charge in [-0.25, -0.2) is 0 Å². The second-order valence-corrected chi connectivity index (χ2v) is 4.68. The highest BCUT2D eigenvalue weighted by Crippen LogP contribution is 2.26. The summed E-state index contributed by atoms with van der Waals surface area (Å²) in [6.45, 7) is 4.15. The average molecular weight is 218 g/mol. The second kappa shape index (κ2) is 4.26. The molecule has 0 aromatic heterocycles. The van der Waals surface area contributed by atoms with Gasteiger partial charge >= 0.3 is 0 Å². The van der Waals surface area contributed by atoms with E-state index in [2.05, 4.69) is 37.4 Å². The minimum Gasteiger partial charge on any atom is -0.349 e. The molecule has 1 aromatic rings. The number of piperidine rings is 1. The summed E-state index contributed by atoms with van der Waals surface area (Å²) in [5, 5.41) is 3.00. The van der Waals surface area contributed by atoms with Gasteiger partial charge in [0.05, 0.1) is 6.04 Å². The first-order valence-corrected chi connectivity index (χ1v) is 5.68. The number of nitrogens with two attached hydrogens (primary N) is 1. The summed E-state index contributed by atoms with van der Waals surface area (Å²) < 4.78 is 0. The van der Waals surface area contributed by atoms with E-state index in [1.54, 1.807) is 0 Å². The third-order valence-corrected chi connectivity index (χ3v) is 3.12. The predicted octanol–water partition coefficient (Wildman–Crippen LogP) is 1.58. The van der Waals surface area contributed by atoms with Crippen LogP contribution in [-0.4, -0.2) is 11.9 Å². The smallest absolute Gasteiger partial charge is 0.222 e.